The summed E-state index contributed by atoms with van der Waals surface area (Å²) in [5.41, 5.74) is 1.33. The van der Waals surface area contributed by atoms with Gasteiger partial charge in [-0.05, 0) is 41.7 Å². The highest BCUT2D eigenvalue weighted by molar-refractivity contribution is 14.0. The van der Waals surface area contributed by atoms with Crippen molar-refractivity contribution in [2.75, 3.05) is 20.1 Å². The Bertz CT molecular complexity index is 465. The molecule has 0 saturated carbocycles. The smallest absolute Gasteiger partial charge is 0.221 e. The van der Waals surface area contributed by atoms with Gasteiger partial charge in [0.05, 0.1) is 0 Å². The van der Waals surface area contributed by atoms with E-state index in [-0.39, 0.29) is 35.9 Å². The summed E-state index contributed by atoms with van der Waals surface area (Å²) in [7, 11) is 1.74. The van der Waals surface area contributed by atoms with Gasteiger partial charge in [-0.15, -0.1) is 24.0 Å². The molecule has 0 aromatic carbocycles. The Morgan fingerprint density at radius 2 is 2.09 bits per heavy atom. The molecule has 1 aromatic heterocycles. The van der Waals surface area contributed by atoms with Gasteiger partial charge >= 0.3 is 0 Å². The summed E-state index contributed by atoms with van der Waals surface area (Å²) < 4.78 is 0. The van der Waals surface area contributed by atoms with E-state index >= 15 is 0 Å². The molecule has 1 rings (SSSR count). The van der Waals surface area contributed by atoms with Gasteiger partial charge in [-0.3, -0.25) is 9.79 Å². The summed E-state index contributed by atoms with van der Waals surface area (Å²) in [4.78, 5) is 15.9. The van der Waals surface area contributed by atoms with Crippen LogP contribution in [0, 0.1) is 0 Å². The molecule has 3 N–H and O–H groups in total. The summed E-state index contributed by atoms with van der Waals surface area (Å²) in [5.74, 6) is 1.24. The van der Waals surface area contributed by atoms with E-state index in [0.717, 1.165) is 18.9 Å². The summed E-state index contributed by atoms with van der Waals surface area (Å²) in [6.07, 6.45) is 1.40. The molecule has 0 fully saturated rings. The number of halogens is 1. The Morgan fingerprint density at radius 3 is 2.65 bits per heavy atom. The summed E-state index contributed by atoms with van der Waals surface area (Å²) in [6, 6.07) is 2.38. The lowest BCUT2D eigenvalue weighted by Gasteiger charge is -2.16. The molecule has 0 aliphatic carbocycles. The topological polar surface area (TPSA) is 65.5 Å². The monoisotopic (exact) mass is 452 g/mol. The van der Waals surface area contributed by atoms with Crippen molar-refractivity contribution in [3.05, 3.63) is 22.4 Å². The fourth-order valence-corrected chi connectivity index (χ4v) is 2.67. The van der Waals surface area contributed by atoms with Crippen molar-refractivity contribution in [3.63, 3.8) is 0 Å². The maximum atomic E-state index is 11.7. The number of aliphatic imine (C=N–C) groups is 1. The molecule has 2 unspecified atom stereocenters. The Hall–Kier alpha value is -0.830. The van der Waals surface area contributed by atoms with E-state index in [4.69, 9.17) is 0 Å². The number of thiophene rings is 1. The van der Waals surface area contributed by atoms with E-state index in [9.17, 15) is 4.79 Å². The van der Waals surface area contributed by atoms with Crippen LogP contribution in [0.2, 0.25) is 0 Å². The third-order valence-corrected chi connectivity index (χ3v) is 4.28. The highest BCUT2D eigenvalue weighted by Gasteiger charge is 2.08. The molecule has 1 amide bonds. The van der Waals surface area contributed by atoms with Crippen molar-refractivity contribution in [1.29, 1.82) is 0 Å². The fraction of sp³-hybridized carbons (Fsp3) is 0.625. The van der Waals surface area contributed by atoms with Gasteiger partial charge in [0.1, 0.15) is 0 Å². The maximum absolute atomic E-state index is 11.7. The lowest BCUT2D eigenvalue weighted by Crippen LogP contribution is -2.41. The van der Waals surface area contributed by atoms with Gasteiger partial charge in [0.2, 0.25) is 5.91 Å². The van der Waals surface area contributed by atoms with E-state index < -0.39 is 0 Å². The Kier molecular flexibility index (Phi) is 12.1. The zero-order valence-corrected chi connectivity index (χ0v) is 17.5. The second-order valence-electron chi connectivity index (χ2n) is 5.46. The van der Waals surface area contributed by atoms with Gasteiger partial charge in [0, 0.05) is 32.6 Å². The van der Waals surface area contributed by atoms with Gasteiger partial charge in [0.25, 0.3) is 0 Å². The van der Waals surface area contributed by atoms with Crippen LogP contribution in [0.3, 0.4) is 0 Å². The summed E-state index contributed by atoms with van der Waals surface area (Å²) >= 11 is 1.71. The minimum absolute atomic E-state index is 0. The standard InChI is InChI=1S/C16H28N4OS.HI/c1-5-13(3)20-15(21)6-8-18-16(17-4)19-10-12(2)14-7-9-22-11-14;/h7,9,11-13H,5-6,8,10H2,1-4H3,(H,20,21)(H2,17,18,19);1H. The predicted octanol–water partition coefficient (Wildman–Crippen LogP) is 2.94. The number of rotatable bonds is 8. The lowest BCUT2D eigenvalue weighted by molar-refractivity contribution is -0.121. The minimum atomic E-state index is 0. The average Bonchev–Trinajstić information content (AvgIpc) is 3.04. The zero-order valence-electron chi connectivity index (χ0n) is 14.4. The fourth-order valence-electron chi connectivity index (χ4n) is 1.89. The largest absolute Gasteiger partial charge is 0.356 e. The van der Waals surface area contributed by atoms with Crippen molar-refractivity contribution in [2.24, 2.45) is 4.99 Å². The first-order valence-corrected chi connectivity index (χ1v) is 8.77. The molecular weight excluding hydrogens is 423 g/mol. The molecule has 1 aromatic rings. The van der Waals surface area contributed by atoms with Gasteiger partial charge in [-0.25, -0.2) is 0 Å². The molecule has 132 valence electrons. The minimum Gasteiger partial charge on any atom is -0.356 e. The van der Waals surface area contributed by atoms with E-state index in [1.807, 2.05) is 6.92 Å². The molecule has 0 spiro atoms. The Labute approximate surface area is 160 Å². The van der Waals surface area contributed by atoms with Crippen molar-refractivity contribution in [2.45, 2.75) is 45.6 Å². The first-order valence-electron chi connectivity index (χ1n) is 7.82. The molecule has 0 aliphatic heterocycles. The molecule has 0 saturated heterocycles. The zero-order chi connectivity index (χ0) is 16.4. The van der Waals surface area contributed by atoms with Gasteiger partial charge in [-0.1, -0.05) is 13.8 Å². The SMILES string of the molecule is CCC(C)NC(=O)CCNC(=NC)NCC(C)c1ccsc1.I. The maximum Gasteiger partial charge on any atom is 0.221 e. The Morgan fingerprint density at radius 1 is 1.35 bits per heavy atom. The number of hydrogen-bond acceptors (Lipinski definition) is 3. The first-order chi connectivity index (χ1) is 10.6. The Balaban J connectivity index is 0.00000484. The van der Waals surface area contributed by atoms with E-state index in [1.165, 1.54) is 5.56 Å². The number of nitrogens with one attached hydrogen (secondary N) is 3. The molecule has 0 bridgehead atoms. The van der Waals surface area contributed by atoms with Crippen LogP contribution in [0.25, 0.3) is 0 Å². The number of guanidine groups is 1. The van der Waals surface area contributed by atoms with E-state index in [0.29, 0.717) is 18.9 Å². The number of nitrogens with zero attached hydrogens (tertiary/aromatic N) is 1. The van der Waals surface area contributed by atoms with Crippen LogP contribution in [0.5, 0.6) is 0 Å². The summed E-state index contributed by atoms with van der Waals surface area (Å²) in [6.45, 7) is 7.65. The molecule has 0 radical (unpaired) electrons. The van der Waals surface area contributed by atoms with Gasteiger partial charge in [0.15, 0.2) is 5.96 Å². The molecule has 5 nitrogen and oxygen atoms in total. The number of hydrogen-bond donors (Lipinski definition) is 3. The highest BCUT2D eigenvalue weighted by Crippen LogP contribution is 2.16. The average molecular weight is 452 g/mol. The van der Waals surface area contributed by atoms with E-state index in [1.54, 1.807) is 18.4 Å². The molecule has 23 heavy (non-hydrogen) atoms. The van der Waals surface area contributed by atoms with Crippen molar-refractivity contribution in [3.8, 4) is 0 Å². The first kappa shape index (κ1) is 22.2. The van der Waals surface area contributed by atoms with Crippen LogP contribution in [0.4, 0.5) is 0 Å². The quantitative estimate of drug-likeness (QED) is 0.323. The predicted molar refractivity (Wildman–Crippen MR) is 110 cm³/mol. The van der Waals surface area contributed by atoms with Crippen LogP contribution in [-0.2, 0) is 4.79 Å². The normalized spacial score (nSPS) is 13.7. The van der Waals surface area contributed by atoms with Crippen LogP contribution >= 0.6 is 35.3 Å². The molecule has 1 heterocycles. The van der Waals surface area contributed by atoms with Gasteiger partial charge < -0.3 is 16.0 Å². The second-order valence-corrected chi connectivity index (χ2v) is 6.24. The second kappa shape index (κ2) is 12.6. The summed E-state index contributed by atoms with van der Waals surface area (Å²) in [5, 5.41) is 13.7. The lowest BCUT2D eigenvalue weighted by atomic mass is 10.1. The third-order valence-electron chi connectivity index (χ3n) is 3.58. The van der Waals surface area contributed by atoms with E-state index in [2.05, 4.69) is 51.6 Å². The van der Waals surface area contributed by atoms with Crippen LogP contribution < -0.4 is 16.0 Å². The third kappa shape index (κ3) is 9.14. The number of amides is 1. The van der Waals surface area contributed by atoms with Crippen molar-refractivity contribution >= 4 is 47.2 Å². The van der Waals surface area contributed by atoms with Gasteiger partial charge in [-0.2, -0.15) is 11.3 Å². The van der Waals surface area contributed by atoms with Crippen LogP contribution in [-0.4, -0.2) is 38.0 Å². The highest BCUT2D eigenvalue weighted by atomic mass is 127. The number of carbonyl (C=O) groups is 1. The molecule has 7 heteroatoms. The molecule has 0 aliphatic rings. The van der Waals surface area contributed by atoms with Crippen molar-refractivity contribution < 1.29 is 4.79 Å². The van der Waals surface area contributed by atoms with Crippen molar-refractivity contribution in [1.82, 2.24) is 16.0 Å². The van der Waals surface area contributed by atoms with Crippen LogP contribution in [0.15, 0.2) is 21.8 Å². The molecule has 2 atom stereocenters. The molecular formula is C16H29IN4OS. The number of carbonyl (C=O) groups excluding carboxylic acids is 1. The van der Waals surface area contributed by atoms with Crippen LogP contribution in [0.1, 0.15) is 45.1 Å².